The Morgan fingerprint density at radius 2 is 1.71 bits per heavy atom. The van der Waals surface area contributed by atoms with Gasteiger partial charge in [0.2, 0.25) is 0 Å². The third-order valence-electron chi connectivity index (χ3n) is 6.16. The number of carbonyl (C=O) groups is 2. The van der Waals surface area contributed by atoms with Crippen molar-refractivity contribution < 1.29 is 9.59 Å². The Morgan fingerprint density at radius 1 is 1.00 bits per heavy atom. The molecule has 1 aromatic carbocycles. The van der Waals surface area contributed by atoms with Gasteiger partial charge in [0.15, 0.2) is 0 Å². The minimum atomic E-state index is -0.00911. The van der Waals surface area contributed by atoms with Crippen LogP contribution < -0.4 is 15.5 Å². The number of hydrogen-bond acceptors (Lipinski definition) is 3. The lowest BCUT2D eigenvalue weighted by Gasteiger charge is -2.40. The van der Waals surface area contributed by atoms with E-state index in [2.05, 4.69) is 39.8 Å². The second kappa shape index (κ2) is 8.71. The molecule has 3 aliphatic rings. The van der Waals surface area contributed by atoms with Crippen molar-refractivity contribution in [1.29, 1.82) is 0 Å². The highest BCUT2D eigenvalue weighted by Crippen LogP contribution is 2.21. The fourth-order valence-corrected chi connectivity index (χ4v) is 4.47. The molecule has 3 fully saturated rings. The zero-order valence-electron chi connectivity index (χ0n) is 16.5. The first-order valence-corrected chi connectivity index (χ1v) is 10.6. The first-order valence-electron chi connectivity index (χ1n) is 10.6. The predicted octanol–water partition coefficient (Wildman–Crippen LogP) is 2.38. The van der Waals surface area contributed by atoms with Crippen LogP contribution in [0.3, 0.4) is 0 Å². The molecule has 28 heavy (non-hydrogen) atoms. The zero-order chi connectivity index (χ0) is 19.3. The van der Waals surface area contributed by atoms with Gasteiger partial charge in [-0.3, -0.25) is 0 Å². The highest BCUT2D eigenvalue weighted by atomic mass is 16.2. The lowest BCUT2D eigenvalue weighted by atomic mass is 10.0. The molecule has 7 heteroatoms. The van der Waals surface area contributed by atoms with Gasteiger partial charge in [0.05, 0.1) is 0 Å². The Labute approximate surface area is 167 Å². The second-order valence-corrected chi connectivity index (χ2v) is 8.02. The Hall–Kier alpha value is -2.44. The first kappa shape index (κ1) is 18.9. The van der Waals surface area contributed by atoms with Crippen molar-refractivity contribution in [1.82, 2.24) is 20.4 Å². The van der Waals surface area contributed by atoms with E-state index in [1.54, 1.807) is 0 Å². The van der Waals surface area contributed by atoms with E-state index in [4.69, 9.17) is 0 Å². The van der Waals surface area contributed by atoms with Crippen molar-refractivity contribution in [2.24, 2.45) is 0 Å². The van der Waals surface area contributed by atoms with E-state index in [9.17, 15) is 9.59 Å². The summed E-state index contributed by atoms with van der Waals surface area (Å²) >= 11 is 0. The largest absolute Gasteiger partial charge is 0.372 e. The molecular formula is C21H31N5O2. The Balaban J connectivity index is 1.22. The van der Waals surface area contributed by atoms with E-state index in [-0.39, 0.29) is 18.1 Å². The van der Waals surface area contributed by atoms with Crippen LogP contribution >= 0.6 is 0 Å². The molecule has 0 saturated carbocycles. The minimum Gasteiger partial charge on any atom is -0.372 e. The van der Waals surface area contributed by atoms with Crippen LogP contribution in [-0.2, 0) is 6.54 Å². The van der Waals surface area contributed by atoms with Gasteiger partial charge >= 0.3 is 12.1 Å². The highest BCUT2D eigenvalue weighted by Gasteiger charge is 2.30. The molecule has 2 N–H and O–H groups in total. The number of anilines is 1. The second-order valence-electron chi connectivity index (χ2n) is 8.02. The summed E-state index contributed by atoms with van der Waals surface area (Å²) in [6.07, 6.45) is 5.26. The molecule has 0 aromatic heterocycles. The van der Waals surface area contributed by atoms with E-state index < -0.39 is 0 Å². The number of urea groups is 2. The molecular weight excluding hydrogens is 354 g/mol. The van der Waals surface area contributed by atoms with Gasteiger partial charge in [-0.2, -0.15) is 0 Å². The molecule has 0 spiro atoms. The third kappa shape index (κ3) is 4.34. The van der Waals surface area contributed by atoms with Gasteiger partial charge in [0, 0.05) is 57.5 Å². The Bertz CT molecular complexity index is 679. The smallest absolute Gasteiger partial charge is 0.317 e. The monoisotopic (exact) mass is 385 g/mol. The van der Waals surface area contributed by atoms with Crippen LogP contribution in [-0.4, -0.2) is 67.2 Å². The Morgan fingerprint density at radius 3 is 2.39 bits per heavy atom. The van der Waals surface area contributed by atoms with Crippen LogP contribution in [0.15, 0.2) is 24.3 Å². The van der Waals surface area contributed by atoms with E-state index in [0.29, 0.717) is 19.6 Å². The van der Waals surface area contributed by atoms with Crippen molar-refractivity contribution in [2.75, 3.05) is 44.2 Å². The van der Waals surface area contributed by atoms with Gasteiger partial charge in [-0.15, -0.1) is 0 Å². The number of nitrogens with one attached hydrogen (secondary N) is 2. The summed E-state index contributed by atoms with van der Waals surface area (Å²) in [6, 6.07) is 8.81. The van der Waals surface area contributed by atoms with Gasteiger partial charge in [0.1, 0.15) is 0 Å². The van der Waals surface area contributed by atoms with E-state index in [0.717, 1.165) is 51.0 Å². The Kier molecular flexibility index (Phi) is 5.88. The summed E-state index contributed by atoms with van der Waals surface area (Å²) in [5.74, 6) is 0. The lowest BCUT2D eigenvalue weighted by molar-refractivity contribution is 0.118. The van der Waals surface area contributed by atoms with Gasteiger partial charge < -0.3 is 25.3 Å². The SMILES string of the molecule is O=C(NCc1ccc(N2CCCC2)cc1)N1CCC(N2CCCNC2=O)CC1. The summed E-state index contributed by atoms with van der Waals surface area (Å²) in [5.41, 5.74) is 2.40. The highest BCUT2D eigenvalue weighted by molar-refractivity contribution is 5.76. The maximum absolute atomic E-state index is 12.5. The number of carbonyl (C=O) groups excluding carboxylic acids is 2. The summed E-state index contributed by atoms with van der Waals surface area (Å²) in [7, 11) is 0. The number of benzene rings is 1. The predicted molar refractivity (Wildman–Crippen MR) is 109 cm³/mol. The summed E-state index contributed by atoms with van der Waals surface area (Å²) in [4.78, 5) is 30.7. The van der Waals surface area contributed by atoms with Crippen molar-refractivity contribution in [3.63, 3.8) is 0 Å². The molecule has 1 aromatic rings. The lowest BCUT2D eigenvalue weighted by Crippen LogP contribution is -2.55. The molecule has 0 radical (unpaired) electrons. The number of amides is 4. The van der Waals surface area contributed by atoms with Crippen LogP contribution in [0.5, 0.6) is 0 Å². The average Bonchev–Trinajstić information content (AvgIpc) is 3.28. The van der Waals surface area contributed by atoms with Gasteiger partial charge in [-0.05, 0) is 49.8 Å². The zero-order valence-corrected chi connectivity index (χ0v) is 16.5. The van der Waals surface area contributed by atoms with Crippen LogP contribution in [0.4, 0.5) is 15.3 Å². The topological polar surface area (TPSA) is 67.9 Å². The average molecular weight is 386 g/mol. The molecule has 0 aliphatic carbocycles. The standard InChI is InChI=1S/C21H31N5O2/c27-20(23-16-17-4-6-18(7-5-17)24-11-1-2-12-24)25-14-8-19(9-15-25)26-13-3-10-22-21(26)28/h4-7,19H,1-3,8-16H2,(H,22,28)(H,23,27). The summed E-state index contributed by atoms with van der Waals surface area (Å²) < 4.78 is 0. The fraction of sp³-hybridized carbons (Fsp3) is 0.619. The number of piperidine rings is 1. The van der Waals surface area contributed by atoms with Gasteiger partial charge in [0.25, 0.3) is 0 Å². The summed E-state index contributed by atoms with van der Waals surface area (Å²) in [6.45, 7) is 5.85. The summed E-state index contributed by atoms with van der Waals surface area (Å²) in [5, 5.41) is 5.96. The van der Waals surface area contributed by atoms with Crippen molar-refractivity contribution >= 4 is 17.7 Å². The van der Waals surface area contributed by atoms with E-state index in [1.165, 1.54) is 18.5 Å². The van der Waals surface area contributed by atoms with Crippen molar-refractivity contribution in [3.05, 3.63) is 29.8 Å². The number of nitrogens with zero attached hydrogens (tertiary/aromatic N) is 3. The van der Waals surface area contributed by atoms with Crippen molar-refractivity contribution in [2.45, 2.75) is 44.7 Å². The molecule has 4 amide bonds. The molecule has 0 unspecified atom stereocenters. The maximum atomic E-state index is 12.5. The van der Waals surface area contributed by atoms with Crippen LogP contribution in [0, 0.1) is 0 Å². The molecule has 0 bridgehead atoms. The van der Waals surface area contributed by atoms with E-state index in [1.807, 2.05) is 9.80 Å². The molecule has 4 rings (SSSR count). The number of likely N-dealkylation sites (tertiary alicyclic amines) is 1. The van der Waals surface area contributed by atoms with Gasteiger partial charge in [-0.1, -0.05) is 12.1 Å². The molecule has 3 heterocycles. The number of rotatable bonds is 4. The fourth-order valence-electron chi connectivity index (χ4n) is 4.47. The third-order valence-corrected chi connectivity index (χ3v) is 6.16. The maximum Gasteiger partial charge on any atom is 0.317 e. The molecule has 0 atom stereocenters. The van der Waals surface area contributed by atoms with Gasteiger partial charge in [-0.25, -0.2) is 9.59 Å². The minimum absolute atomic E-state index is 0.00911. The quantitative estimate of drug-likeness (QED) is 0.836. The molecule has 152 valence electrons. The number of hydrogen-bond donors (Lipinski definition) is 2. The van der Waals surface area contributed by atoms with Crippen LogP contribution in [0.25, 0.3) is 0 Å². The normalized spacial score (nSPS) is 21.0. The van der Waals surface area contributed by atoms with E-state index >= 15 is 0 Å². The van der Waals surface area contributed by atoms with Crippen molar-refractivity contribution in [3.8, 4) is 0 Å². The molecule has 7 nitrogen and oxygen atoms in total. The van der Waals surface area contributed by atoms with Crippen LogP contribution in [0.2, 0.25) is 0 Å². The molecule has 3 saturated heterocycles. The first-order chi connectivity index (χ1) is 13.7. The van der Waals surface area contributed by atoms with Crippen LogP contribution in [0.1, 0.15) is 37.7 Å². The molecule has 3 aliphatic heterocycles.